The summed E-state index contributed by atoms with van der Waals surface area (Å²) in [6.45, 7) is 8.72. The number of hydrogen-bond acceptors (Lipinski definition) is 3. The molecule has 0 saturated heterocycles. The van der Waals surface area contributed by atoms with Crippen LogP contribution in [0, 0.1) is 5.92 Å². The molecule has 0 heterocycles. The van der Waals surface area contributed by atoms with E-state index in [2.05, 4.69) is 5.32 Å². The van der Waals surface area contributed by atoms with Gasteiger partial charge in [-0.15, -0.1) is 0 Å². The second-order valence-electron chi connectivity index (χ2n) is 4.48. The van der Waals surface area contributed by atoms with Crippen molar-refractivity contribution in [2.75, 3.05) is 13.2 Å². The quantitative estimate of drug-likeness (QED) is 0.726. The van der Waals surface area contributed by atoms with E-state index >= 15 is 0 Å². The second-order valence-corrected chi connectivity index (χ2v) is 4.48. The van der Waals surface area contributed by atoms with E-state index in [-0.39, 0.29) is 17.6 Å². The molecule has 4 heteroatoms. The highest BCUT2D eigenvalue weighted by Crippen LogP contribution is 2.03. The third-order valence-corrected chi connectivity index (χ3v) is 1.84. The Balaban J connectivity index is 3.74. The smallest absolute Gasteiger partial charge is 0.407 e. The zero-order chi connectivity index (χ0) is 11.2. The van der Waals surface area contributed by atoms with Crippen molar-refractivity contribution in [3.63, 3.8) is 0 Å². The molecule has 0 spiro atoms. The maximum absolute atomic E-state index is 11.2. The van der Waals surface area contributed by atoms with Gasteiger partial charge in [-0.1, -0.05) is 6.92 Å². The summed E-state index contributed by atoms with van der Waals surface area (Å²) in [7, 11) is 0. The first-order valence-corrected chi connectivity index (χ1v) is 5.04. The predicted octanol–water partition coefficient (Wildman–Crippen LogP) is 1.50. The topological polar surface area (TPSA) is 64.3 Å². The van der Waals surface area contributed by atoms with Crippen molar-refractivity contribution in [2.45, 2.75) is 39.7 Å². The van der Waals surface area contributed by atoms with Crippen molar-refractivity contribution >= 4 is 6.09 Å². The lowest BCUT2D eigenvalue weighted by Crippen LogP contribution is -2.41. The molecule has 1 amide bonds. The van der Waals surface area contributed by atoms with Gasteiger partial charge in [0.05, 0.1) is 6.61 Å². The van der Waals surface area contributed by atoms with Crippen LogP contribution in [0.1, 0.15) is 34.1 Å². The summed E-state index contributed by atoms with van der Waals surface area (Å²) in [5.74, 6) is 0.265. The third kappa shape index (κ3) is 6.71. The van der Waals surface area contributed by atoms with E-state index in [0.29, 0.717) is 13.2 Å². The molecule has 0 bridgehead atoms. The summed E-state index contributed by atoms with van der Waals surface area (Å²) in [6.07, 6.45) is 0.559. The van der Waals surface area contributed by atoms with Gasteiger partial charge in [-0.25, -0.2) is 4.79 Å². The molecule has 14 heavy (non-hydrogen) atoms. The van der Waals surface area contributed by atoms with Gasteiger partial charge in [0.15, 0.2) is 0 Å². The van der Waals surface area contributed by atoms with Gasteiger partial charge in [-0.05, 0) is 33.7 Å². The Kier molecular flexibility index (Phi) is 5.53. The minimum Gasteiger partial charge on any atom is -0.449 e. The van der Waals surface area contributed by atoms with Gasteiger partial charge in [-0.3, -0.25) is 0 Å². The number of carbonyl (C=O) groups excluding carboxylic acids is 1. The molecular formula is C10H22N2O2. The summed E-state index contributed by atoms with van der Waals surface area (Å²) in [4.78, 5) is 11.2. The zero-order valence-corrected chi connectivity index (χ0v) is 9.59. The van der Waals surface area contributed by atoms with E-state index in [1.807, 2.05) is 27.7 Å². The van der Waals surface area contributed by atoms with Crippen LogP contribution in [-0.2, 0) is 4.74 Å². The molecule has 0 radical (unpaired) electrons. The minimum atomic E-state index is -0.371. The van der Waals surface area contributed by atoms with Crippen molar-refractivity contribution in [1.82, 2.24) is 5.32 Å². The molecule has 4 nitrogen and oxygen atoms in total. The summed E-state index contributed by atoms with van der Waals surface area (Å²) < 4.78 is 5.03. The lowest BCUT2D eigenvalue weighted by molar-refractivity contribution is 0.119. The fraction of sp³-hybridized carbons (Fsp3) is 0.900. The summed E-state index contributed by atoms with van der Waals surface area (Å²) in [5.41, 5.74) is 5.24. The monoisotopic (exact) mass is 202 g/mol. The van der Waals surface area contributed by atoms with E-state index in [0.717, 1.165) is 6.42 Å². The average molecular weight is 202 g/mol. The SMILES string of the molecule is CCC(CN)COC(=O)NC(C)(C)C. The van der Waals surface area contributed by atoms with Gasteiger partial charge in [0.2, 0.25) is 0 Å². The fourth-order valence-corrected chi connectivity index (χ4v) is 0.888. The Hall–Kier alpha value is -0.770. The van der Waals surface area contributed by atoms with E-state index in [1.165, 1.54) is 0 Å². The fourth-order valence-electron chi connectivity index (χ4n) is 0.888. The van der Waals surface area contributed by atoms with Crippen LogP contribution in [0.25, 0.3) is 0 Å². The first-order chi connectivity index (χ1) is 6.39. The van der Waals surface area contributed by atoms with Gasteiger partial charge in [0.1, 0.15) is 0 Å². The lowest BCUT2D eigenvalue weighted by Gasteiger charge is -2.21. The highest BCUT2D eigenvalue weighted by molar-refractivity contribution is 5.68. The van der Waals surface area contributed by atoms with Crippen molar-refractivity contribution in [1.29, 1.82) is 0 Å². The maximum atomic E-state index is 11.2. The van der Waals surface area contributed by atoms with Crippen LogP contribution in [0.3, 0.4) is 0 Å². The molecule has 0 aromatic rings. The molecule has 0 aliphatic heterocycles. The van der Waals surface area contributed by atoms with E-state index in [4.69, 9.17) is 10.5 Å². The molecular weight excluding hydrogens is 180 g/mol. The first-order valence-electron chi connectivity index (χ1n) is 5.04. The number of hydrogen-bond donors (Lipinski definition) is 2. The molecule has 0 rings (SSSR count). The number of nitrogens with two attached hydrogens (primary N) is 1. The van der Waals surface area contributed by atoms with Crippen LogP contribution in [0.15, 0.2) is 0 Å². The molecule has 0 saturated carbocycles. The summed E-state index contributed by atoms with van der Waals surface area (Å²) in [5, 5.41) is 2.72. The highest BCUT2D eigenvalue weighted by Gasteiger charge is 2.15. The summed E-state index contributed by atoms with van der Waals surface area (Å²) in [6, 6.07) is 0. The molecule has 3 N–H and O–H groups in total. The Morgan fingerprint density at radius 1 is 1.50 bits per heavy atom. The van der Waals surface area contributed by atoms with Crippen molar-refractivity contribution in [2.24, 2.45) is 11.7 Å². The Morgan fingerprint density at radius 3 is 2.43 bits per heavy atom. The van der Waals surface area contributed by atoms with Gasteiger partial charge >= 0.3 is 6.09 Å². The number of alkyl carbamates (subject to hydrolysis) is 1. The molecule has 1 atom stereocenters. The Labute approximate surface area is 86.2 Å². The van der Waals surface area contributed by atoms with Crippen LogP contribution in [0.2, 0.25) is 0 Å². The van der Waals surface area contributed by atoms with Gasteiger partial charge < -0.3 is 15.8 Å². The number of nitrogens with one attached hydrogen (secondary N) is 1. The lowest BCUT2D eigenvalue weighted by atomic mass is 10.1. The maximum Gasteiger partial charge on any atom is 0.407 e. The number of carbonyl (C=O) groups is 1. The molecule has 0 aromatic heterocycles. The molecule has 0 aliphatic carbocycles. The Morgan fingerprint density at radius 2 is 2.07 bits per heavy atom. The van der Waals surface area contributed by atoms with Gasteiger partial charge in [-0.2, -0.15) is 0 Å². The average Bonchev–Trinajstić information content (AvgIpc) is 2.03. The standard InChI is InChI=1S/C10H22N2O2/c1-5-8(6-11)7-14-9(13)12-10(2,3)4/h8H,5-7,11H2,1-4H3,(H,12,13). The van der Waals surface area contributed by atoms with E-state index in [1.54, 1.807) is 0 Å². The van der Waals surface area contributed by atoms with Gasteiger partial charge in [0.25, 0.3) is 0 Å². The van der Waals surface area contributed by atoms with Crippen LogP contribution < -0.4 is 11.1 Å². The van der Waals surface area contributed by atoms with Crippen LogP contribution in [-0.4, -0.2) is 24.8 Å². The van der Waals surface area contributed by atoms with E-state index in [9.17, 15) is 4.79 Å². The molecule has 0 fully saturated rings. The molecule has 0 aromatic carbocycles. The molecule has 1 unspecified atom stereocenters. The van der Waals surface area contributed by atoms with Crippen molar-refractivity contribution < 1.29 is 9.53 Å². The normalized spacial score (nSPS) is 13.5. The van der Waals surface area contributed by atoms with Crippen LogP contribution >= 0.6 is 0 Å². The molecule has 84 valence electrons. The van der Waals surface area contributed by atoms with E-state index < -0.39 is 0 Å². The van der Waals surface area contributed by atoms with Crippen molar-refractivity contribution in [3.05, 3.63) is 0 Å². The van der Waals surface area contributed by atoms with Crippen molar-refractivity contribution in [3.8, 4) is 0 Å². The number of amides is 1. The molecule has 0 aliphatic rings. The number of ether oxygens (including phenoxy) is 1. The zero-order valence-electron chi connectivity index (χ0n) is 9.59. The van der Waals surface area contributed by atoms with Crippen LogP contribution in [0.5, 0.6) is 0 Å². The van der Waals surface area contributed by atoms with Crippen LogP contribution in [0.4, 0.5) is 4.79 Å². The first kappa shape index (κ1) is 13.2. The van der Waals surface area contributed by atoms with Gasteiger partial charge in [0, 0.05) is 11.5 Å². The second kappa shape index (κ2) is 5.86. The number of rotatable bonds is 4. The predicted molar refractivity (Wildman–Crippen MR) is 57.1 cm³/mol. The third-order valence-electron chi connectivity index (χ3n) is 1.84. The summed E-state index contributed by atoms with van der Waals surface area (Å²) >= 11 is 0. The largest absolute Gasteiger partial charge is 0.449 e. The Bertz CT molecular complexity index is 171. The highest BCUT2D eigenvalue weighted by atomic mass is 16.5. The minimum absolute atomic E-state index is 0.249.